The molecule has 0 aromatic heterocycles. The SMILES string of the molecule is CC[C@H](C)CO[C@@H](C)CO. The molecule has 62 valence electrons. The summed E-state index contributed by atoms with van der Waals surface area (Å²) in [6.45, 7) is 7.04. The lowest BCUT2D eigenvalue weighted by Gasteiger charge is -2.13. The molecule has 0 rings (SSSR count). The largest absolute Gasteiger partial charge is 0.394 e. The van der Waals surface area contributed by atoms with Crippen molar-refractivity contribution in [3.05, 3.63) is 0 Å². The summed E-state index contributed by atoms with van der Waals surface area (Å²) in [5, 5.41) is 8.60. The predicted molar refractivity (Wildman–Crippen MR) is 42.0 cm³/mol. The van der Waals surface area contributed by atoms with E-state index in [1.807, 2.05) is 6.92 Å². The average molecular weight is 146 g/mol. The van der Waals surface area contributed by atoms with Gasteiger partial charge in [-0.3, -0.25) is 0 Å². The lowest BCUT2D eigenvalue weighted by atomic mass is 10.1. The first-order chi connectivity index (χ1) is 4.70. The van der Waals surface area contributed by atoms with Crippen molar-refractivity contribution < 1.29 is 9.84 Å². The Balaban J connectivity index is 3.17. The molecule has 1 N–H and O–H groups in total. The van der Waals surface area contributed by atoms with Gasteiger partial charge in [-0.25, -0.2) is 0 Å². The molecule has 0 amide bonds. The molecule has 0 aromatic carbocycles. The third-order valence-electron chi connectivity index (χ3n) is 1.62. The maximum Gasteiger partial charge on any atom is 0.0777 e. The molecule has 0 unspecified atom stereocenters. The number of hydrogen-bond donors (Lipinski definition) is 1. The van der Waals surface area contributed by atoms with E-state index in [-0.39, 0.29) is 12.7 Å². The van der Waals surface area contributed by atoms with E-state index in [1.54, 1.807) is 0 Å². The van der Waals surface area contributed by atoms with Crippen LogP contribution in [0.15, 0.2) is 0 Å². The molecule has 2 heteroatoms. The van der Waals surface area contributed by atoms with Gasteiger partial charge in [-0.05, 0) is 12.8 Å². The highest BCUT2D eigenvalue weighted by Gasteiger charge is 2.02. The Morgan fingerprint density at radius 2 is 2.00 bits per heavy atom. The Labute approximate surface area is 63.2 Å². The van der Waals surface area contributed by atoms with Crippen molar-refractivity contribution in [1.82, 2.24) is 0 Å². The minimum atomic E-state index is -0.00556. The van der Waals surface area contributed by atoms with E-state index in [0.29, 0.717) is 5.92 Å². The van der Waals surface area contributed by atoms with Gasteiger partial charge in [0.2, 0.25) is 0 Å². The van der Waals surface area contributed by atoms with Gasteiger partial charge in [0, 0.05) is 6.61 Å². The van der Waals surface area contributed by atoms with Crippen LogP contribution in [0.3, 0.4) is 0 Å². The van der Waals surface area contributed by atoms with Crippen LogP contribution in [-0.2, 0) is 4.74 Å². The van der Waals surface area contributed by atoms with Gasteiger partial charge in [-0.15, -0.1) is 0 Å². The standard InChI is InChI=1S/C8H18O2/c1-4-7(2)6-10-8(3)5-9/h7-9H,4-6H2,1-3H3/t7-,8-/m0/s1. The third-order valence-corrected chi connectivity index (χ3v) is 1.62. The maximum absolute atomic E-state index is 8.60. The summed E-state index contributed by atoms with van der Waals surface area (Å²) in [7, 11) is 0. The fourth-order valence-electron chi connectivity index (χ4n) is 0.499. The molecule has 10 heavy (non-hydrogen) atoms. The van der Waals surface area contributed by atoms with E-state index in [1.165, 1.54) is 0 Å². The van der Waals surface area contributed by atoms with Crippen LogP contribution in [-0.4, -0.2) is 24.4 Å². The Bertz CT molecular complexity index is 63.7. The first-order valence-electron chi connectivity index (χ1n) is 3.93. The Morgan fingerprint density at radius 1 is 1.40 bits per heavy atom. The monoisotopic (exact) mass is 146 g/mol. The molecule has 0 aromatic rings. The van der Waals surface area contributed by atoms with Crippen LogP contribution in [0.2, 0.25) is 0 Å². The molecule has 0 fully saturated rings. The summed E-state index contributed by atoms with van der Waals surface area (Å²) in [4.78, 5) is 0. The fourth-order valence-corrected chi connectivity index (χ4v) is 0.499. The topological polar surface area (TPSA) is 29.5 Å². The molecule has 0 saturated carbocycles. The second-order valence-corrected chi connectivity index (χ2v) is 2.84. The second-order valence-electron chi connectivity index (χ2n) is 2.84. The average Bonchev–Trinajstić information content (AvgIpc) is 1.99. The summed E-state index contributed by atoms with van der Waals surface area (Å²) >= 11 is 0. The maximum atomic E-state index is 8.60. The molecular formula is C8H18O2. The van der Waals surface area contributed by atoms with Crippen molar-refractivity contribution >= 4 is 0 Å². The van der Waals surface area contributed by atoms with Crippen LogP contribution in [0.1, 0.15) is 27.2 Å². The number of rotatable bonds is 5. The molecule has 0 aliphatic heterocycles. The lowest BCUT2D eigenvalue weighted by molar-refractivity contribution is 0.00852. The Hall–Kier alpha value is -0.0800. The molecule has 0 aliphatic carbocycles. The summed E-state index contributed by atoms with van der Waals surface area (Å²) in [5.74, 6) is 0.606. The van der Waals surface area contributed by atoms with Crippen molar-refractivity contribution in [1.29, 1.82) is 0 Å². The van der Waals surface area contributed by atoms with Gasteiger partial charge in [-0.2, -0.15) is 0 Å². The van der Waals surface area contributed by atoms with Gasteiger partial charge in [0.15, 0.2) is 0 Å². The van der Waals surface area contributed by atoms with Crippen LogP contribution >= 0.6 is 0 Å². The minimum absolute atomic E-state index is 0.00556. The van der Waals surface area contributed by atoms with E-state index in [0.717, 1.165) is 13.0 Å². The molecule has 0 saturated heterocycles. The van der Waals surface area contributed by atoms with Gasteiger partial charge in [0.05, 0.1) is 12.7 Å². The van der Waals surface area contributed by atoms with Crippen LogP contribution in [0, 0.1) is 5.92 Å². The minimum Gasteiger partial charge on any atom is -0.394 e. The van der Waals surface area contributed by atoms with Gasteiger partial charge in [0.25, 0.3) is 0 Å². The summed E-state index contributed by atoms with van der Waals surface area (Å²) in [5.41, 5.74) is 0. The van der Waals surface area contributed by atoms with Crippen molar-refractivity contribution in [3.8, 4) is 0 Å². The summed E-state index contributed by atoms with van der Waals surface area (Å²) in [6.07, 6.45) is 1.13. The quantitative estimate of drug-likeness (QED) is 0.635. The van der Waals surface area contributed by atoms with E-state index in [2.05, 4.69) is 13.8 Å². The highest BCUT2D eigenvalue weighted by molar-refractivity contribution is 4.50. The number of hydrogen-bond acceptors (Lipinski definition) is 2. The zero-order valence-electron chi connectivity index (χ0n) is 7.13. The van der Waals surface area contributed by atoms with E-state index in [4.69, 9.17) is 9.84 Å². The van der Waals surface area contributed by atoms with Gasteiger partial charge < -0.3 is 9.84 Å². The van der Waals surface area contributed by atoms with E-state index >= 15 is 0 Å². The summed E-state index contributed by atoms with van der Waals surface area (Å²) < 4.78 is 5.29. The predicted octanol–water partition coefficient (Wildman–Crippen LogP) is 1.43. The van der Waals surface area contributed by atoms with Gasteiger partial charge in [-0.1, -0.05) is 20.3 Å². The highest BCUT2D eigenvalue weighted by Crippen LogP contribution is 2.02. The van der Waals surface area contributed by atoms with Crippen LogP contribution in [0.4, 0.5) is 0 Å². The number of ether oxygens (including phenoxy) is 1. The second kappa shape index (κ2) is 5.69. The van der Waals surface area contributed by atoms with Crippen LogP contribution in [0.25, 0.3) is 0 Å². The molecule has 2 nitrogen and oxygen atoms in total. The molecule has 0 bridgehead atoms. The molecular weight excluding hydrogens is 128 g/mol. The van der Waals surface area contributed by atoms with Gasteiger partial charge in [0.1, 0.15) is 0 Å². The zero-order valence-corrected chi connectivity index (χ0v) is 7.13. The molecule has 2 atom stereocenters. The number of aliphatic hydroxyl groups excluding tert-OH is 1. The fraction of sp³-hybridized carbons (Fsp3) is 1.00. The molecule has 0 spiro atoms. The van der Waals surface area contributed by atoms with Crippen molar-refractivity contribution in [3.63, 3.8) is 0 Å². The number of aliphatic hydroxyl groups is 1. The molecule has 0 radical (unpaired) electrons. The van der Waals surface area contributed by atoms with E-state index in [9.17, 15) is 0 Å². The zero-order chi connectivity index (χ0) is 7.98. The van der Waals surface area contributed by atoms with Crippen LogP contribution < -0.4 is 0 Å². The Kier molecular flexibility index (Phi) is 5.64. The third kappa shape index (κ3) is 4.77. The highest BCUT2D eigenvalue weighted by atomic mass is 16.5. The first kappa shape index (κ1) is 9.92. The Morgan fingerprint density at radius 3 is 2.40 bits per heavy atom. The van der Waals surface area contributed by atoms with Crippen molar-refractivity contribution in [2.45, 2.75) is 33.3 Å². The summed E-state index contributed by atoms with van der Waals surface area (Å²) in [6, 6.07) is 0. The normalized spacial score (nSPS) is 16.8. The van der Waals surface area contributed by atoms with Crippen molar-refractivity contribution in [2.24, 2.45) is 5.92 Å². The van der Waals surface area contributed by atoms with Gasteiger partial charge >= 0.3 is 0 Å². The molecule has 0 heterocycles. The lowest BCUT2D eigenvalue weighted by Crippen LogP contribution is -2.16. The van der Waals surface area contributed by atoms with Crippen LogP contribution in [0.5, 0.6) is 0 Å². The smallest absolute Gasteiger partial charge is 0.0777 e. The first-order valence-corrected chi connectivity index (χ1v) is 3.93. The molecule has 0 aliphatic rings. The van der Waals surface area contributed by atoms with Crippen molar-refractivity contribution in [2.75, 3.05) is 13.2 Å². The van der Waals surface area contributed by atoms with E-state index < -0.39 is 0 Å².